The Balaban J connectivity index is 1.82. The minimum atomic E-state index is -1.48. The second kappa shape index (κ2) is 5.96. The molecule has 2 aliphatic heterocycles. The molecule has 0 saturated carbocycles. The average molecular weight is 320 g/mol. The topological polar surface area (TPSA) is 123 Å². The summed E-state index contributed by atoms with van der Waals surface area (Å²) in [6, 6.07) is 5.48. The van der Waals surface area contributed by atoms with Gasteiger partial charge in [-0.3, -0.25) is 0 Å². The molecule has 3 rings (SSSR count). The van der Waals surface area contributed by atoms with E-state index in [0.29, 0.717) is 13.0 Å². The number of aliphatic hydroxyl groups is 1. The van der Waals surface area contributed by atoms with Crippen molar-refractivity contribution in [3.05, 3.63) is 29.8 Å². The zero-order valence-corrected chi connectivity index (χ0v) is 12.5. The van der Waals surface area contributed by atoms with Crippen molar-refractivity contribution >= 4 is 12.1 Å². The summed E-state index contributed by atoms with van der Waals surface area (Å²) in [5.74, 6) is -0.239. The number of urea groups is 2. The molecule has 3 atom stereocenters. The van der Waals surface area contributed by atoms with Crippen molar-refractivity contribution in [3.8, 4) is 5.75 Å². The molecule has 124 valence electrons. The highest BCUT2D eigenvalue weighted by atomic mass is 16.3. The molecule has 2 aliphatic rings. The van der Waals surface area contributed by atoms with E-state index in [0.717, 1.165) is 5.56 Å². The van der Waals surface area contributed by atoms with Crippen molar-refractivity contribution in [3.63, 3.8) is 0 Å². The first kappa shape index (κ1) is 15.4. The molecule has 4 amide bonds. The third-order valence-electron chi connectivity index (χ3n) is 4.38. The van der Waals surface area contributed by atoms with Gasteiger partial charge in [-0.15, -0.1) is 0 Å². The average Bonchev–Trinajstić information content (AvgIpc) is 2.49. The zero-order chi connectivity index (χ0) is 16.4. The van der Waals surface area contributed by atoms with E-state index in [1.54, 1.807) is 12.1 Å². The highest BCUT2D eigenvalue weighted by Gasteiger charge is 2.46. The Morgan fingerprint density at radius 3 is 2.57 bits per heavy atom. The summed E-state index contributed by atoms with van der Waals surface area (Å²) in [7, 11) is 0. The Morgan fingerprint density at radius 1 is 1.13 bits per heavy atom. The number of hydrogen-bond acceptors (Lipinski definition) is 4. The molecule has 8 heteroatoms. The fraction of sp³-hybridized carbons (Fsp3) is 0.467. The first-order chi connectivity index (χ1) is 11.0. The second-order valence-electron chi connectivity index (χ2n) is 6.00. The van der Waals surface area contributed by atoms with Crippen LogP contribution < -0.4 is 21.3 Å². The molecule has 8 nitrogen and oxygen atoms in total. The maximum Gasteiger partial charge on any atom is 0.317 e. The van der Waals surface area contributed by atoms with Crippen molar-refractivity contribution in [2.24, 2.45) is 5.92 Å². The van der Waals surface area contributed by atoms with Crippen LogP contribution in [0.1, 0.15) is 12.0 Å². The normalized spacial score (nSPS) is 30.7. The van der Waals surface area contributed by atoms with Crippen LogP contribution in [0.3, 0.4) is 0 Å². The van der Waals surface area contributed by atoms with Crippen LogP contribution in [0.2, 0.25) is 0 Å². The smallest absolute Gasteiger partial charge is 0.317 e. The largest absolute Gasteiger partial charge is 0.508 e. The number of rotatable bonds is 3. The number of nitrogens with one attached hydrogen (secondary N) is 4. The van der Waals surface area contributed by atoms with E-state index < -0.39 is 11.8 Å². The molecule has 2 heterocycles. The summed E-state index contributed by atoms with van der Waals surface area (Å²) in [5.41, 5.74) is -0.702. The molecule has 0 spiro atoms. The molecule has 0 bridgehead atoms. The van der Waals surface area contributed by atoms with Crippen molar-refractivity contribution in [1.82, 2.24) is 21.3 Å². The number of phenolic OH excluding ortho intramolecular Hbond substituents is 1. The quantitative estimate of drug-likeness (QED) is 0.454. The van der Waals surface area contributed by atoms with Crippen molar-refractivity contribution in [2.45, 2.75) is 24.6 Å². The number of hydrogen-bond donors (Lipinski definition) is 6. The summed E-state index contributed by atoms with van der Waals surface area (Å²) in [6.45, 7) is 0.793. The number of carbonyl (C=O) groups excluding carboxylic acids is 2. The lowest BCUT2D eigenvalue weighted by Crippen LogP contribution is -2.70. The lowest BCUT2D eigenvalue weighted by molar-refractivity contribution is -0.0611. The number of phenols is 1. The molecule has 6 N–H and O–H groups in total. The Hall–Kier alpha value is -2.48. The van der Waals surface area contributed by atoms with E-state index in [4.69, 9.17) is 0 Å². The molecule has 23 heavy (non-hydrogen) atoms. The van der Waals surface area contributed by atoms with Gasteiger partial charge in [-0.05, 0) is 24.1 Å². The first-order valence-corrected chi connectivity index (χ1v) is 7.57. The SMILES string of the molecule is O=C1NCCC(C2CNC(=O)NC2(O)Cc2ccc(O)cc2)N1. The molecule has 2 fully saturated rings. The second-order valence-corrected chi connectivity index (χ2v) is 6.00. The fourth-order valence-electron chi connectivity index (χ4n) is 3.21. The molecule has 1 aromatic rings. The lowest BCUT2D eigenvalue weighted by atomic mass is 9.81. The van der Waals surface area contributed by atoms with Crippen LogP contribution in [0.5, 0.6) is 5.75 Å². The number of aromatic hydroxyl groups is 1. The van der Waals surface area contributed by atoms with E-state index in [2.05, 4.69) is 21.3 Å². The Labute approximate surface area is 133 Å². The maximum atomic E-state index is 11.7. The van der Waals surface area contributed by atoms with E-state index >= 15 is 0 Å². The highest BCUT2D eigenvalue weighted by Crippen LogP contribution is 2.28. The van der Waals surface area contributed by atoms with Crippen LogP contribution in [0.15, 0.2) is 24.3 Å². The van der Waals surface area contributed by atoms with Gasteiger partial charge < -0.3 is 31.5 Å². The third kappa shape index (κ3) is 3.31. The summed E-state index contributed by atoms with van der Waals surface area (Å²) in [4.78, 5) is 23.2. The Morgan fingerprint density at radius 2 is 1.87 bits per heavy atom. The van der Waals surface area contributed by atoms with Crippen molar-refractivity contribution in [1.29, 1.82) is 0 Å². The summed E-state index contributed by atoms with van der Waals surface area (Å²) in [5, 5.41) is 31.2. The molecule has 3 unspecified atom stereocenters. The summed E-state index contributed by atoms with van der Waals surface area (Å²) < 4.78 is 0. The monoisotopic (exact) mass is 320 g/mol. The number of carbonyl (C=O) groups is 2. The van der Waals surface area contributed by atoms with E-state index in [1.807, 2.05) is 0 Å². The highest BCUT2D eigenvalue weighted by molar-refractivity contribution is 5.77. The van der Waals surface area contributed by atoms with Gasteiger partial charge in [0.1, 0.15) is 11.5 Å². The lowest BCUT2D eigenvalue weighted by Gasteiger charge is -2.45. The molecule has 0 aliphatic carbocycles. The van der Waals surface area contributed by atoms with Gasteiger partial charge >= 0.3 is 12.1 Å². The van der Waals surface area contributed by atoms with Crippen LogP contribution in [-0.2, 0) is 6.42 Å². The fourth-order valence-corrected chi connectivity index (χ4v) is 3.21. The van der Waals surface area contributed by atoms with Gasteiger partial charge in [-0.1, -0.05) is 12.1 Å². The molecule has 0 radical (unpaired) electrons. The Bertz CT molecular complexity index is 606. The van der Waals surface area contributed by atoms with Gasteiger partial charge in [0.25, 0.3) is 0 Å². The standard InChI is InChI=1S/C15H20N4O4/c20-10-3-1-9(2-4-10)7-15(23)11(8-17-14(22)19-15)12-5-6-16-13(21)18-12/h1-4,11-12,20,23H,5-8H2,(H2,16,18,21)(H2,17,19,22). The van der Waals surface area contributed by atoms with Crippen molar-refractivity contribution in [2.75, 3.05) is 13.1 Å². The van der Waals surface area contributed by atoms with E-state index in [-0.39, 0.29) is 36.7 Å². The van der Waals surface area contributed by atoms with Crippen LogP contribution in [-0.4, -0.2) is 47.1 Å². The zero-order valence-electron chi connectivity index (χ0n) is 12.5. The first-order valence-electron chi connectivity index (χ1n) is 7.57. The number of amides is 4. The molecular formula is C15H20N4O4. The molecular weight excluding hydrogens is 300 g/mol. The Kier molecular flexibility index (Phi) is 3.99. The number of benzene rings is 1. The van der Waals surface area contributed by atoms with Crippen LogP contribution in [0, 0.1) is 5.92 Å². The summed E-state index contributed by atoms with van der Waals surface area (Å²) >= 11 is 0. The molecule has 0 aromatic heterocycles. The molecule has 1 aromatic carbocycles. The predicted octanol–water partition coefficient (Wildman–Crippen LogP) is -0.376. The third-order valence-corrected chi connectivity index (χ3v) is 4.38. The van der Waals surface area contributed by atoms with Crippen LogP contribution in [0.25, 0.3) is 0 Å². The predicted molar refractivity (Wildman–Crippen MR) is 81.7 cm³/mol. The van der Waals surface area contributed by atoms with Crippen molar-refractivity contribution < 1.29 is 19.8 Å². The van der Waals surface area contributed by atoms with E-state index in [9.17, 15) is 19.8 Å². The van der Waals surface area contributed by atoms with Gasteiger partial charge in [-0.25, -0.2) is 9.59 Å². The van der Waals surface area contributed by atoms with Crippen LogP contribution >= 0.6 is 0 Å². The van der Waals surface area contributed by atoms with Gasteiger partial charge in [0.15, 0.2) is 0 Å². The maximum absolute atomic E-state index is 11.7. The van der Waals surface area contributed by atoms with E-state index in [1.165, 1.54) is 12.1 Å². The minimum absolute atomic E-state index is 0.136. The van der Waals surface area contributed by atoms with Crippen LogP contribution in [0.4, 0.5) is 9.59 Å². The summed E-state index contributed by atoms with van der Waals surface area (Å²) in [6.07, 6.45) is 0.844. The van der Waals surface area contributed by atoms with Gasteiger partial charge in [0, 0.05) is 31.5 Å². The van der Waals surface area contributed by atoms with Gasteiger partial charge in [0.05, 0.1) is 0 Å². The molecule has 2 saturated heterocycles. The van der Waals surface area contributed by atoms with Gasteiger partial charge in [-0.2, -0.15) is 0 Å². The van der Waals surface area contributed by atoms with Gasteiger partial charge in [0.2, 0.25) is 0 Å². The minimum Gasteiger partial charge on any atom is -0.508 e.